The quantitative estimate of drug-likeness (QED) is 0.836. The van der Waals surface area contributed by atoms with Crippen molar-refractivity contribution < 1.29 is 9.13 Å². The highest BCUT2D eigenvalue weighted by Gasteiger charge is 2.10. The predicted molar refractivity (Wildman–Crippen MR) is 84.2 cm³/mol. The van der Waals surface area contributed by atoms with Crippen LogP contribution in [0.3, 0.4) is 0 Å². The topological polar surface area (TPSA) is 24.5 Å². The summed E-state index contributed by atoms with van der Waals surface area (Å²) in [5, 5.41) is 3.19. The first kappa shape index (κ1) is 16.2. The molecule has 1 heterocycles. The van der Waals surface area contributed by atoms with Crippen LogP contribution < -0.4 is 10.1 Å². The molecule has 1 fully saturated rings. The lowest BCUT2D eigenvalue weighted by molar-refractivity contribution is 0.209. The van der Waals surface area contributed by atoms with Gasteiger partial charge >= 0.3 is 0 Å². The zero-order valence-corrected chi connectivity index (χ0v) is 13.0. The molecule has 0 aliphatic carbocycles. The van der Waals surface area contributed by atoms with E-state index in [4.69, 9.17) is 4.74 Å². The number of hydrogen-bond donors (Lipinski definition) is 1. The Kier molecular flexibility index (Phi) is 6.96. The van der Waals surface area contributed by atoms with Crippen LogP contribution in [0.5, 0.6) is 5.75 Å². The molecule has 0 unspecified atom stereocenters. The summed E-state index contributed by atoms with van der Waals surface area (Å²) in [6.07, 6.45) is 5.21. The molecule has 4 heteroatoms. The second-order valence-electron chi connectivity index (χ2n) is 5.65. The molecule has 21 heavy (non-hydrogen) atoms. The highest BCUT2D eigenvalue weighted by Crippen LogP contribution is 2.18. The Morgan fingerprint density at radius 2 is 1.95 bits per heavy atom. The van der Waals surface area contributed by atoms with E-state index in [1.54, 1.807) is 12.1 Å². The van der Waals surface area contributed by atoms with Crippen molar-refractivity contribution in [3.63, 3.8) is 0 Å². The van der Waals surface area contributed by atoms with Crippen molar-refractivity contribution in [2.75, 3.05) is 32.8 Å². The molecule has 0 aromatic heterocycles. The molecule has 118 valence electrons. The minimum absolute atomic E-state index is 0.263. The SMILES string of the molecule is CCNCc1ccc(OCCN2CCCCCC2)c(F)c1. The molecule has 1 aromatic carbocycles. The van der Waals surface area contributed by atoms with Gasteiger partial charge in [0.15, 0.2) is 11.6 Å². The molecular formula is C17H27FN2O. The molecule has 0 bridgehead atoms. The summed E-state index contributed by atoms with van der Waals surface area (Å²) >= 11 is 0. The minimum atomic E-state index is -0.263. The van der Waals surface area contributed by atoms with Gasteiger partial charge in [0.25, 0.3) is 0 Å². The molecule has 0 amide bonds. The lowest BCUT2D eigenvalue weighted by Crippen LogP contribution is -2.29. The molecule has 2 rings (SSSR count). The minimum Gasteiger partial charge on any atom is -0.489 e. The van der Waals surface area contributed by atoms with Crippen molar-refractivity contribution in [3.05, 3.63) is 29.6 Å². The standard InChI is InChI=1S/C17H27FN2O/c1-2-19-14-15-7-8-17(16(18)13-15)21-12-11-20-9-5-3-4-6-10-20/h7-8,13,19H,2-6,9-12,14H2,1H3. The number of likely N-dealkylation sites (tertiary alicyclic amines) is 1. The third kappa shape index (κ3) is 5.64. The summed E-state index contributed by atoms with van der Waals surface area (Å²) in [6, 6.07) is 5.22. The van der Waals surface area contributed by atoms with Crippen LogP contribution in [0.1, 0.15) is 38.2 Å². The van der Waals surface area contributed by atoms with Crippen molar-refractivity contribution in [1.82, 2.24) is 10.2 Å². The van der Waals surface area contributed by atoms with E-state index in [-0.39, 0.29) is 5.82 Å². The Morgan fingerprint density at radius 1 is 1.19 bits per heavy atom. The number of rotatable bonds is 7. The van der Waals surface area contributed by atoms with E-state index < -0.39 is 0 Å². The number of ether oxygens (including phenoxy) is 1. The van der Waals surface area contributed by atoms with Gasteiger partial charge in [-0.1, -0.05) is 25.8 Å². The Morgan fingerprint density at radius 3 is 2.62 bits per heavy atom. The fourth-order valence-electron chi connectivity index (χ4n) is 2.69. The summed E-state index contributed by atoms with van der Waals surface area (Å²) in [4.78, 5) is 2.42. The monoisotopic (exact) mass is 294 g/mol. The molecular weight excluding hydrogens is 267 g/mol. The van der Waals surface area contributed by atoms with Crippen LogP contribution in [0.25, 0.3) is 0 Å². The van der Waals surface area contributed by atoms with E-state index in [9.17, 15) is 4.39 Å². The van der Waals surface area contributed by atoms with Gasteiger partial charge < -0.3 is 10.1 Å². The maximum atomic E-state index is 13.9. The number of hydrogen-bond acceptors (Lipinski definition) is 3. The van der Waals surface area contributed by atoms with Crippen molar-refractivity contribution >= 4 is 0 Å². The van der Waals surface area contributed by atoms with Crippen molar-refractivity contribution in [2.24, 2.45) is 0 Å². The summed E-state index contributed by atoms with van der Waals surface area (Å²) in [7, 11) is 0. The van der Waals surface area contributed by atoms with Gasteiger partial charge in [0.1, 0.15) is 6.61 Å². The Labute approximate surface area is 127 Å². The average molecular weight is 294 g/mol. The third-order valence-electron chi connectivity index (χ3n) is 3.94. The molecule has 1 N–H and O–H groups in total. The maximum absolute atomic E-state index is 13.9. The number of nitrogens with one attached hydrogen (secondary N) is 1. The zero-order chi connectivity index (χ0) is 14.9. The van der Waals surface area contributed by atoms with Gasteiger partial charge in [0.05, 0.1) is 0 Å². The van der Waals surface area contributed by atoms with Crippen LogP contribution in [0, 0.1) is 5.82 Å². The Bertz CT molecular complexity index is 417. The van der Waals surface area contributed by atoms with Gasteiger partial charge in [-0.2, -0.15) is 0 Å². The lowest BCUT2D eigenvalue weighted by Gasteiger charge is -2.19. The number of halogens is 1. The van der Waals surface area contributed by atoms with Gasteiger partial charge in [-0.05, 0) is 50.2 Å². The highest BCUT2D eigenvalue weighted by atomic mass is 19.1. The van der Waals surface area contributed by atoms with Crippen LogP contribution in [0.15, 0.2) is 18.2 Å². The zero-order valence-electron chi connectivity index (χ0n) is 13.0. The van der Waals surface area contributed by atoms with Crippen LogP contribution in [0.2, 0.25) is 0 Å². The first-order valence-corrected chi connectivity index (χ1v) is 8.14. The predicted octanol–water partition coefficient (Wildman–Crippen LogP) is 3.19. The van der Waals surface area contributed by atoms with Crippen LogP contribution in [-0.2, 0) is 6.54 Å². The molecule has 3 nitrogen and oxygen atoms in total. The summed E-state index contributed by atoms with van der Waals surface area (Å²) in [5.74, 6) is 0.103. The first-order chi connectivity index (χ1) is 10.3. The van der Waals surface area contributed by atoms with Crippen LogP contribution in [-0.4, -0.2) is 37.7 Å². The maximum Gasteiger partial charge on any atom is 0.165 e. The van der Waals surface area contributed by atoms with Gasteiger partial charge in [-0.3, -0.25) is 4.90 Å². The summed E-state index contributed by atoms with van der Waals surface area (Å²) < 4.78 is 19.5. The van der Waals surface area contributed by atoms with Crippen LogP contribution in [0.4, 0.5) is 4.39 Å². The largest absolute Gasteiger partial charge is 0.489 e. The van der Waals surface area contributed by atoms with E-state index in [2.05, 4.69) is 10.2 Å². The average Bonchev–Trinajstić information content (AvgIpc) is 2.76. The first-order valence-electron chi connectivity index (χ1n) is 8.14. The molecule has 0 atom stereocenters. The number of benzene rings is 1. The molecule has 1 aliphatic rings. The second kappa shape index (κ2) is 9.00. The molecule has 1 saturated heterocycles. The van der Waals surface area contributed by atoms with E-state index >= 15 is 0 Å². The van der Waals surface area contributed by atoms with Gasteiger partial charge in [-0.15, -0.1) is 0 Å². The fourth-order valence-corrected chi connectivity index (χ4v) is 2.69. The smallest absolute Gasteiger partial charge is 0.165 e. The third-order valence-corrected chi connectivity index (χ3v) is 3.94. The van der Waals surface area contributed by atoms with E-state index in [0.29, 0.717) is 18.9 Å². The van der Waals surface area contributed by atoms with Crippen molar-refractivity contribution in [1.29, 1.82) is 0 Å². The van der Waals surface area contributed by atoms with E-state index in [1.807, 2.05) is 13.0 Å². The molecule has 1 aliphatic heterocycles. The van der Waals surface area contributed by atoms with Gasteiger partial charge in [-0.25, -0.2) is 4.39 Å². The fraction of sp³-hybridized carbons (Fsp3) is 0.647. The number of nitrogens with zero attached hydrogens (tertiary/aromatic N) is 1. The molecule has 0 radical (unpaired) electrons. The van der Waals surface area contributed by atoms with Crippen molar-refractivity contribution in [3.8, 4) is 5.75 Å². The highest BCUT2D eigenvalue weighted by molar-refractivity contribution is 5.29. The van der Waals surface area contributed by atoms with Gasteiger partial charge in [0, 0.05) is 13.1 Å². The van der Waals surface area contributed by atoms with E-state index in [1.165, 1.54) is 25.7 Å². The lowest BCUT2D eigenvalue weighted by atomic mass is 10.2. The van der Waals surface area contributed by atoms with Gasteiger partial charge in [0.2, 0.25) is 0 Å². The Hall–Kier alpha value is -1.13. The molecule has 0 saturated carbocycles. The second-order valence-corrected chi connectivity index (χ2v) is 5.65. The Balaban J connectivity index is 1.77. The summed E-state index contributed by atoms with van der Waals surface area (Å²) in [5.41, 5.74) is 0.953. The van der Waals surface area contributed by atoms with Crippen LogP contribution >= 0.6 is 0 Å². The summed E-state index contributed by atoms with van der Waals surface area (Å²) in [6.45, 7) is 7.36. The van der Waals surface area contributed by atoms with E-state index in [0.717, 1.165) is 31.7 Å². The normalized spacial score (nSPS) is 16.7. The molecule has 0 spiro atoms. The molecule has 1 aromatic rings. The van der Waals surface area contributed by atoms with Crippen molar-refractivity contribution in [2.45, 2.75) is 39.2 Å².